The SMILES string of the molecule is CC(C)(N)CO.CCCO. The summed E-state index contributed by atoms with van der Waals surface area (Å²) in [6, 6.07) is 0. The first-order valence-electron chi connectivity index (χ1n) is 3.48. The van der Waals surface area contributed by atoms with Crippen LogP contribution in [0.25, 0.3) is 0 Å². The van der Waals surface area contributed by atoms with Gasteiger partial charge >= 0.3 is 0 Å². The van der Waals surface area contributed by atoms with Gasteiger partial charge in [0.2, 0.25) is 0 Å². The molecule has 10 heavy (non-hydrogen) atoms. The molecule has 0 aliphatic heterocycles. The van der Waals surface area contributed by atoms with E-state index in [4.69, 9.17) is 15.9 Å². The first-order chi connectivity index (χ1) is 4.47. The predicted octanol–water partition coefficient (Wildman–Crippen LogP) is 0.105. The summed E-state index contributed by atoms with van der Waals surface area (Å²) in [6.45, 7) is 5.84. The van der Waals surface area contributed by atoms with Crippen molar-refractivity contribution in [2.24, 2.45) is 5.73 Å². The molecule has 0 rings (SSSR count). The molecule has 0 radical (unpaired) electrons. The largest absolute Gasteiger partial charge is 0.396 e. The minimum absolute atomic E-state index is 0.0486. The lowest BCUT2D eigenvalue weighted by atomic mass is 10.1. The first-order valence-corrected chi connectivity index (χ1v) is 3.48. The van der Waals surface area contributed by atoms with Gasteiger partial charge in [-0.25, -0.2) is 0 Å². The maximum atomic E-state index is 8.28. The summed E-state index contributed by atoms with van der Waals surface area (Å²) in [6.07, 6.45) is 0.875. The van der Waals surface area contributed by atoms with E-state index in [9.17, 15) is 0 Å². The molecule has 0 aromatic rings. The second-order valence-corrected chi connectivity index (χ2v) is 2.87. The van der Waals surface area contributed by atoms with E-state index in [-0.39, 0.29) is 6.61 Å². The van der Waals surface area contributed by atoms with Crippen molar-refractivity contribution < 1.29 is 10.2 Å². The molecular weight excluding hydrogens is 130 g/mol. The third-order valence-corrected chi connectivity index (χ3v) is 0.631. The van der Waals surface area contributed by atoms with Crippen molar-refractivity contribution in [2.45, 2.75) is 32.7 Å². The molecule has 0 bridgehead atoms. The summed E-state index contributed by atoms with van der Waals surface area (Å²) in [4.78, 5) is 0. The van der Waals surface area contributed by atoms with Gasteiger partial charge in [-0.2, -0.15) is 0 Å². The molecule has 0 fully saturated rings. The molecule has 0 aliphatic carbocycles. The van der Waals surface area contributed by atoms with Crippen molar-refractivity contribution in [1.29, 1.82) is 0 Å². The van der Waals surface area contributed by atoms with Gasteiger partial charge in [0.15, 0.2) is 0 Å². The maximum Gasteiger partial charge on any atom is 0.0605 e. The fourth-order valence-electron chi connectivity index (χ4n) is 0. The third-order valence-electron chi connectivity index (χ3n) is 0.631. The highest BCUT2D eigenvalue weighted by Crippen LogP contribution is 1.89. The van der Waals surface area contributed by atoms with Crippen LogP contribution in [0.1, 0.15) is 27.2 Å². The van der Waals surface area contributed by atoms with Gasteiger partial charge in [0.1, 0.15) is 0 Å². The number of hydrogen-bond acceptors (Lipinski definition) is 3. The minimum Gasteiger partial charge on any atom is -0.396 e. The van der Waals surface area contributed by atoms with Crippen molar-refractivity contribution in [1.82, 2.24) is 0 Å². The maximum absolute atomic E-state index is 8.28. The van der Waals surface area contributed by atoms with Crippen LogP contribution in [0.15, 0.2) is 0 Å². The third kappa shape index (κ3) is 24.8. The van der Waals surface area contributed by atoms with Crippen molar-refractivity contribution in [3.05, 3.63) is 0 Å². The summed E-state index contributed by atoms with van der Waals surface area (Å²) in [5, 5.41) is 16.2. The molecule has 3 nitrogen and oxygen atoms in total. The smallest absolute Gasteiger partial charge is 0.0605 e. The monoisotopic (exact) mass is 149 g/mol. The van der Waals surface area contributed by atoms with Crippen molar-refractivity contribution >= 4 is 0 Å². The molecule has 3 heteroatoms. The van der Waals surface area contributed by atoms with E-state index in [1.807, 2.05) is 6.92 Å². The molecule has 0 atom stereocenters. The van der Waals surface area contributed by atoms with E-state index >= 15 is 0 Å². The second-order valence-electron chi connectivity index (χ2n) is 2.87. The van der Waals surface area contributed by atoms with E-state index in [2.05, 4.69) is 0 Å². The van der Waals surface area contributed by atoms with E-state index in [1.54, 1.807) is 13.8 Å². The van der Waals surface area contributed by atoms with Gasteiger partial charge in [-0.05, 0) is 20.3 Å². The van der Waals surface area contributed by atoms with Gasteiger partial charge in [0.05, 0.1) is 6.61 Å². The lowest BCUT2D eigenvalue weighted by molar-refractivity contribution is 0.221. The fraction of sp³-hybridized carbons (Fsp3) is 1.00. The van der Waals surface area contributed by atoms with Gasteiger partial charge < -0.3 is 15.9 Å². The Kier molecular flexibility index (Phi) is 8.77. The highest BCUT2D eigenvalue weighted by Gasteiger charge is 2.05. The summed E-state index contributed by atoms with van der Waals surface area (Å²) < 4.78 is 0. The molecule has 0 saturated carbocycles. The Morgan fingerprint density at radius 1 is 1.30 bits per heavy atom. The Morgan fingerprint density at radius 2 is 1.50 bits per heavy atom. The van der Waals surface area contributed by atoms with Crippen LogP contribution >= 0.6 is 0 Å². The van der Waals surface area contributed by atoms with Crippen LogP contribution in [-0.2, 0) is 0 Å². The number of nitrogens with two attached hydrogens (primary N) is 1. The summed E-state index contributed by atoms with van der Waals surface area (Å²) in [5.74, 6) is 0. The standard InChI is InChI=1S/C4H11NO.C3H8O/c1-4(2,5)3-6;1-2-3-4/h6H,3,5H2,1-2H3;4H,2-3H2,1H3. The Balaban J connectivity index is 0. The summed E-state index contributed by atoms with van der Waals surface area (Å²) in [7, 11) is 0. The Bertz CT molecular complexity index is 57.1. The topological polar surface area (TPSA) is 66.5 Å². The lowest BCUT2D eigenvalue weighted by Crippen LogP contribution is -2.35. The van der Waals surface area contributed by atoms with Crippen LogP contribution in [0.5, 0.6) is 0 Å². The Hall–Kier alpha value is -0.120. The van der Waals surface area contributed by atoms with Crippen molar-refractivity contribution in [3.63, 3.8) is 0 Å². The van der Waals surface area contributed by atoms with Gasteiger partial charge in [-0.3, -0.25) is 0 Å². The lowest BCUT2D eigenvalue weighted by Gasteiger charge is -2.12. The van der Waals surface area contributed by atoms with Crippen molar-refractivity contribution in [2.75, 3.05) is 13.2 Å². The van der Waals surface area contributed by atoms with Crippen LogP contribution < -0.4 is 5.73 Å². The van der Waals surface area contributed by atoms with Gasteiger partial charge in [0, 0.05) is 12.1 Å². The first kappa shape index (κ1) is 12.5. The quantitative estimate of drug-likeness (QED) is 0.522. The molecule has 0 unspecified atom stereocenters. The minimum atomic E-state index is -0.403. The molecule has 0 spiro atoms. The molecule has 0 heterocycles. The zero-order valence-corrected chi connectivity index (χ0v) is 7.09. The normalized spacial score (nSPS) is 10.2. The van der Waals surface area contributed by atoms with E-state index < -0.39 is 5.54 Å². The molecule has 0 aliphatic rings. The molecule has 0 aromatic carbocycles. The average Bonchev–Trinajstić information content (AvgIpc) is 1.87. The van der Waals surface area contributed by atoms with Crippen LogP contribution in [-0.4, -0.2) is 29.0 Å². The molecular formula is C7H19NO2. The van der Waals surface area contributed by atoms with Gasteiger partial charge in [-0.1, -0.05) is 6.92 Å². The molecule has 0 amide bonds. The van der Waals surface area contributed by atoms with Gasteiger partial charge in [0.25, 0.3) is 0 Å². The number of aliphatic hydroxyl groups is 2. The van der Waals surface area contributed by atoms with Crippen LogP contribution in [0, 0.1) is 0 Å². The van der Waals surface area contributed by atoms with Crippen molar-refractivity contribution in [3.8, 4) is 0 Å². The predicted molar refractivity (Wildman–Crippen MR) is 42.7 cm³/mol. The van der Waals surface area contributed by atoms with Crippen LogP contribution in [0.2, 0.25) is 0 Å². The van der Waals surface area contributed by atoms with E-state index in [0.29, 0.717) is 6.61 Å². The van der Waals surface area contributed by atoms with Crippen LogP contribution in [0.4, 0.5) is 0 Å². The van der Waals surface area contributed by atoms with Crippen LogP contribution in [0.3, 0.4) is 0 Å². The van der Waals surface area contributed by atoms with E-state index in [1.165, 1.54) is 0 Å². The molecule has 64 valence electrons. The highest BCUT2D eigenvalue weighted by atomic mass is 16.3. The number of rotatable bonds is 2. The zero-order valence-electron chi connectivity index (χ0n) is 7.09. The van der Waals surface area contributed by atoms with Gasteiger partial charge in [-0.15, -0.1) is 0 Å². The summed E-state index contributed by atoms with van der Waals surface area (Å²) >= 11 is 0. The summed E-state index contributed by atoms with van der Waals surface area (Å²) in [5.41, 5.74) is 4.88. The fourth-order valence-corrected chi connectivity index (χ4v) is 0. The zero-order chi connectivity index (χ0) is 8.62. The Morgan fingerprint density at radius 3 is 1.50 bits per heavy atom. The molecule has 4 N–H and O–H groups in total. The molecule has 0 saturated heterocycles. The highest BCUT2D eigenvalue weighted by molar-refractivity contribution is 4.67. The Labute approximate surface area is 62.9 Å². The average molecular weight is 149 g/mol. The second kappa shape index (κ2) is 6.99. The number of aliphatic hydroxyl groups excluding tert-OH is 2. The molecule has 0 aromatic heterocycles. The van der Waals surface area contributed by atoms with E-state index in [0.717, 1.165) is 6.42 Å². The number of hydrogen-bond donors (Lipinski definition) is 3.